The number of para-hydroxylation sites is 2. The Morgan fingerprint density at radius 3 is 2.74 bits per heavy atom. The van der Waals surface area contributed by atoms with E-state index in [1.54, 1.807) is 0 Å². The Kier molecular flexibility index (Phi) is 5.03. The van der Waals surface area contributed by atoms with Crippen LogP contribution in [0.25, 0.3) is 0 Å². The minimum atomic E-state index is -0.575. The Balaban J connectivity index is 1.36. The van der Waals surface area contributed by atoms with Gasteiger partial charge in [0.05, 0.1) is 5.69 Å². The van der Waals surface area contributed by atoms with Gasteiger partial charge in [-0.3, -0.25) is 9.69 Å². The molecule has 7 nitrogen and oxygen atoms in total. The SMILES string of the molecule is Cc1noc(C)c1CN1CCCN(C(=O)C2COc3ccccc3O2)CC1. The second kappa shape index (κ2) is 7.60. The summed E-state index contributed by atoms with van der Waals surface area (Å²) in [7, 11) is 0. The minimum absolute atomic E-state index is 0.00342. The van der Waals surface area contributed by atoms with E-state index in [0.717, 1.165) is 49.6 Å². The number of benzene rings is 1. The fourth-order valence-electron chi connectivity index (χ4n) is 3.65. The van der Waals surface area contributed by atoms with Crippen LogP contribution in [0.3, 0.4) is 0 Å². The molecule has 0 aliphatic carbocycles. The van der Waals surface area contributed by atoms with Gasteiger partial charge in [-0.25, -0.2) is 0 Å². The highest BCUT2D eigenvalue weighted by molar-refractivity contribution is 5.82. The Bertz CT molecular complexity index is 800. The highest BCUT2D eigenvalue weighted by Gasteiger charge is 2.32. The van der Waals surface area contributed by atoms with Gasteiger partial charge in [-0.1, -0.05) is 17.3 Å². The molecule has 2 aliphatic rings. The number of amides is 1. The molecule has 1 fully saturated rings. The summed E-state index contributed by atoms with van der Waals surface area (Å²) in [4.78, 5) is 17.2. The Morgan fingerprint density at radius 2 is 1.96 bits per heavy atom. The third kappa shape index (κ3) is 3.78. The predicted molar refractivity (Wildman–Crippen MR) is 98.8 cm³/mol. The average Bonchev–Trinajstić information content (AvgIpc) is 2.88. The molecule has 3 heterocycles. The van der Waals surface area contributed by atoms with Crippen LogP contribution in [0, 0.1) is 13.8 Å². The van der Waals surface area contributed by atoms with Crippen LogP contribution in [0.15, 0.2) is 28.8 Å². The van der Waals surface area contributed by atoms with Gasteiger partial charge < -0.3 is 18.9 Å². The molecule has 1 aromatic carbocycles. The van der Waals surface area contributed by atoms with Crippen molar-refractivity contribution in [2.45, 2.75) is 32.9 Å². The molecule has 1 atom stereocenters. The number of carbonyl (C=O) groups is 1. The van der Waals surface area contributed by atoms with Crippen molar-refractivity contribution in [1.29, 1.82) is 0 Å². The first-order valence-corrected chi connectivity index (χ1v) is 9.43. The van der Waals surface area contributed by atoms with E-state index in [9.17, 15) is 4.79 Å². The standard InChI is InChI=1S/C20H25N3O4/c1-14-16(15(2)27-21-14)12-22-8-5-9-23(11-10-22)20(24)19-13-25-17-6-3-4-7-18(17)26-19/h3-4,6-7,19H,5,8-13H2,1-2H3. The molecule has 0 saturated carbocycles. The Morgan fingerprint density at radius 1 is 1.15 bits per heavy atom. The predicted octanol–water partition coefficient (Wildman–Crippen LogP) is 2.17. The lowest BCUT2D eigenvalue weighted by molar-refractivity contribution is -0.141. The van der Waals surface area contributed by atoms with Crippen molar-refractivity contribution < 1.29 is 18.8 Å². The maximum atomic E-state index is 12.9. The number of rotatable bonds is 3. The zero-order valence-electron chi connectivity index (χ0n) is 15.8. The molecule has 0 radical (unpaired) electrons. The number of fused-ring (bicyclic) bond motifs is 1. The van der Waals surface area contributed by atoms with E-state index in [4.69, 9.17) is 14.0 Å². The van der Waals surface area contributed by atoms with Crippen LogP contribution in [0.2, 0.25) is 0 Å². The number of aryl methyl sites for hydroxylation is 2. The van der Waals surface area contributed by atoms with Crippen molar-refractivity contribution in [2.75, 3.05) is 32.8 Å². The van der Waals surface area contributed by atoms with E-state index in [1.165, 1.54) is 0 Å². The summed E-state index contributed by atoms with van der Waals surface area (Å²) in [6.07, 6.45) is 0.355. The molecule has 1 amide bonds. The minimum Gasteiger partial charge on any atom is -0.485 e. The van der Waals surface area contributed by atoms with Gasteiger partial charge in [-0.15, -0.1) is 0 Å². The Labute approximate surface area is 158 Å². The van der Waals surface area contributed by atoms with Crippen LogP contribution in [0.1, 0.15) is 23.4 Å². The summed E-state index contributed by atoms with van der Waals surface area (Å²) < 4.78 is 16.8. The van der Waals surface area contributed by atoms with E-state index in [-0.39, 0.29) is 12.5 Å². The maximum Gasteiger partial charge on any atom is 0.267 e. The van der Waals surface area contributed by atoms with Crippen molar-refractivity contribution in [3.05, 3.63) is 41.3 Å². The maximum absolute atomic E-state index is 12.9. The van der Waals surface area contributed by atoms with Crippen molar-refractivity contribution in [3.63, 3.8) is 0 Å². The van der Waals surface area contributed by atoms with Crippen LogP contribution >= 0.6 is 0 Å². The fourth-order valence-corrected chi connectivity index (χ4v) is 3.65. The number of hydrogen-bond donors (Lipinski definition) is 0. The highest BCUT2D eigenvalue weighted by atomic mass is 16.6. The molecule has 0 N–H and O–H groups in total. The normalized spacial score (nSPS) is 20.4. The molecular weight excluding hydrogens is 346 g/mol. The topological polar surface area (TPSA) is 68.0 Å². The van der Waals surface area contributed by atoms with Crippen LogP contribution in [-0.2, 0) is 11.3 Å². The Hall–Kier alpha value is -2.54. The first kappa shape index (κ1) is 17.9. The third-order valence-electron chi connectivity index (χ3n) is 5.25. The quantitative estimate of drug-likeness (QED) is 0.824. The van der Waals surface area contributed by atoms with E-state index in [0.29, 0.717) is 18.0 Å². The second-order valence-electron chi connectivity index (χ2n) is 7.12. The highest BCUT2D eigenvalue weighted by Crippen LogP contribution is 2.31. The molecule has 1 saturated heterocycles. The van der Waals surface area contributed by atoms with Gasteiger partial charge >= 0.3 is 0 Å². The van der Waals surface area contributed by atoms with Crippen molar-refractivity contribution in [3.8, 4) is 11.5 Å². The number of ether oxygens (including phenoxy) is 2. The van der Waals surface area contributed by atoms with Crippen LogP contribution in [-0.4, -0.2) is 59.8 Å². The molecule has 1 unspecified atom stereocenters. The van der Waals surface area contributed by atoms with Gasteiger partial charge in [-0.2, -0.15) is 0 Å². The molecule has 1 aromatic heterocycles. The van der Waals surface area contributed by atoms with Crippen LogP contribution in [0.5, 0.6) is 11.5 Å². The molecule has 4 rings (SSSR count). The molecule has 0 bridgehead atoms. The zero-order chi connectivity index (χ0) is 18.8. The molecule has 2 aliphatic heterocycles. The van der Waals surface area contributed by atoms with E-state index >= 15 is 0 Å². The van der Waals surface area contributed by atoms with Crippen molar-refractivity contribution in [1.82, 2.24) is 15.0 Å². The van der Waals surface area contributed by atoms with Crippen molar-refractivity contribution >= 4 is 5.91 Å². The van der Waals surface area contributed by atoms with E-state index in [2.05, 4.69) is 10.1 Å². The number of aromatic nitrogens is 1. The van der Waals surface area contributed by atoms with Crippen molar-refractivity contribution in [2.24, 2.45) is 0 Å². The fraction of sp³-hybridized carbons (Fsp3) is 0.500. The summed E-state index contributed by atoms with van der Waals surface area (Å²) in [6.45, 7) is 8.16. The lowest BCUT2D eigenvalue weighted by Crippen LogP contribution is -2.47. The van der Waals surface area contributed by atoms with Gasteiger partial charge in [0, 0.05) is 38.3 Å². The summed E-state index contributed by atoms with van der Waals surface area (Å²) >= 11 is 0. The molecule has 7 heteroatoms. The molecule has 0 spiro atoms. The summed E-state index contributed by atoms with van der Waals surface area (Å²) in [6, 6.07) is 7.47. The smallest absolute Gasteiger partial charge is 0.267 e. The molecular formula is C20H25N3O4. The lowest BCUT2D eigenvalue weighted by Gasteiger charge is -2.30. The van der Waals surface area contributed by atoms with E-state index in [1.807, 2.05) is 43.0 Å². The third-order valence-corrected chi connectivity index (χ3v) is 5.25. The van der Waals surface area contributed by atoms with E-state index < -0.39 is 6.10 Å². The first-order valence-electron chi connectivity index (χ1n) is 9.43. The summed E-state index contributed by atoms with van der Waals surface area (Å²) in [5.41, 5.74) is 2.09. The summed E-state index contributed by atoms with van der Waals surface area (Å²) in [5.74, 6) is 2.21. The van der Waals surface area contributed by atoms with Gasteiger partial charge in [0.15, 0.2) is 11.5 Å². The van der Waals surface area contributed by atoms with Gasteiger partial charge in [0.25, 0.3) is 5.91 Å². The molecule has 2 aromatic rings. The number of carbonyl (C=O) groups excluding carboxylic acids is 1. The average molecular weight is 371 g/mol. The van der Waals surface area contributed by atoms with Gasteiger partial charge in [0.1, 0.15) is 12.4 Å². The second-order valence-corrected chi connectivity index (χ2v) is 7.12. The zero-order valence-corrected chi connectivity index (χ0v) is 15.8. The summed E-state index contributed by atoms with van der Waals surface area (Å²) in [5, 5.41) is 4.03. The van der Waals surface area contributed by atoms with Crippen LogP contribution < -0.4 is 9.47 Å². The van der Waals surface area contributed by atoms with Gasteiger partial charge in [0.2, 0.25) is 6.10 Å². The first-order chi connectivity index (χ1) is 13.1. The lowest BCUT2D eigenvalue weighted by atomic mass is 10.2. The van der Waals surface area contributed by atoms with Gasteiger partial charge in [-0.05, 0) is 32.4 Å². The van der Waals surface area contributed by atoms with Crippen LogP contribution in [0.4, 0.5) is 0 Å². The number of hydrogen-bond acceptors (Lipinski definition) is 6. The molecule has 144 valence electrons. The largest absolute Gasteiger partial charge is 0.485 e. The monoisotopic (exact) mass is 371 g/mol. The molecule has 27 heavy (non-hydrogen) atoms. The number of nitrogens with zero attached hydrogens (tertiary/aromatic N) is 3.